The quantitative estimate of drug-likeness (QED) is 0.0380. The fourth-order valence-corrected chi connectivity index (χ4v) is 10.4. The van der Waals surface area contributed by atoms with E-state index in [1.165, 1.54) is 0 Å². The molecule has 0 aromatic heterocycles. The lowest BCUT2D eigenvalue weighted by Crippen LogP contribution is -2.19. The van der Waals surface area contributed by atoms with Crippen LogP contribution in [0.25, 0.3) is 10.8 Å². The predicted molar refractivity (Wildman–Crippen MR) is 178 cm³/mol. The van der Waals surface area contributed by atoms with Crippen molar-refractivity contribution < 1.29 is 96.3 Å². The average molecular weight is 919 g/mol. The molecule has 0 atom stereocenters. The SMILES string of the molecule is O=S(=O)(O)c1cc(S(=O)(=O)O)cc(S(=O)(=O)Nc2ccc3c(SOOO)cc(S(=O)(=O)O)cc3c2NS(=O)(=O)c2cc(S(=O)(=O)O)cc(S(=O)(=O)O)c2)c1. The summed E-state index contributed by atoms with van der Waals surface area (Å²) >= 11 is 0.0225. The van der Waals surface area contributed by atoms with E-state index in [9.17, 15) is 81.7 Å². The number of sulfonamides is 2. The molecule has 0 heterocycles. The second-order valence-electron chi connectivity index (χ2n) is 10.1. The summed E-state index contributed by atoms with van der Waals surface area (Å²) in [7, 11) is -37.8. The lowest BCUT2D eigenvalue weighted by Gasteiger charge is -2.19. The van der Waals surface area contributed by atoms with E-state index in [1.54, 1.807) is 9.44 Å². The van der Waals surface area contributed by atoms with Gasteiger partial charge in [0.25, 0.3) is 70.6 Å². The molecule has 296 valence electrons. The lowest BCUT2D eigenvalue weighted by molar-refractivity contribution is -0.432. The van der Waals surface area contributed by atoms with Gasteiger partial charge in [0, 0.05) is 15.7 Å². The summed E-state index contributed by atoms with van der Waals surface area (Å²) in [4.78, 5) is -9.86. The number of hydrogen-bond acceptors (Lipinski definition) is 18. The molecule has 4 rings (SSSR count). The minimum Gasteiger partial charge on any atom is -0.282 e. The van der Waals surface area contributed by atoms with Crippen molar-refractivity contribution in [1.29, 1.82) is 0 Å². The molecule has 0 fully saturated rings. The van der Waals surface area contributed by atoms with Crippen LogP contribution >= 0.6 is 12.0 Å². The highest BCUT2D eigenvalue weighted by atomic mass is 32.2. The van der Waals surface area contributed by atoms with Crippen molar-refractivity contribution in [2.45, 2.75) is 39.2 Å². The molecule has 54 heavy (non-hydrogen) atoms. The van der Waals surface area contributed by atoms with Crippen LogP contribution in [-0.2, 0) is 80.0 Å². The third kappa shape index (κ3) is 9.80. The van der Waals surface area contributed by atoms with Gasteiger partial charge in [0.05, 0.1) is 57.7 Å². The van der Waals surface area contributed by atoms with Gasteiger partial charge in [0.2, 0.25) is 0 Å². The van der Waals surface area contributed by atoms with E-state index in [2.05, 4.69) is 9.37 Å². The molecule has 0 spiro atoms. The van der Waals surface area contributed by atoms with Crippen LogP contribution < -0.4 is 9.44 Å². The number of hydrogen-bond donors (Lipinski definition) is 8. The maximum atomic E-state index is 13.8. The minimum absolute atomic E-state index is 0.0225. The second-order valence-corrected chi connectivity index (χ2v) is 21.3. The standard InChI is InChI=1S/C22H18N2O22S8/c25-45-46-47-21-10-17(54(42,43)44)9-19-18(21)1-2-20(23-48(26,27)11-3-13(50(30,31)32)7-14(4-11)51(33,34)35)22(19)24-49(28,29)12-5-15(52(36,37)38)8-16(6-12)53(39,40)41/h1-10,23-25H,(H,30,31,32)(H,33,34,35)(H,36,37,38)(H,39,40,41)(H,42,43,44). The summed E-state index contributed by atoms with van der Waals surface area (Å²) < 4.78 is 229. The summed E-state index contributed by atoms with van der Waals surface area (Å²) in [6, 6.07) is 3.82. The van der Waals surface area contributed by atoms with Crippen LogP contribution in [-0.4, -0.2) is 86.9 Å². The molecule has 0 aliphatic heterocycles. The molecule has 0 amide bonds. The monoisotopic (exact) mass is 918 g/mol. The number of fused-ring (bicyclic) bond motifs is 1. The summed E-state index contributed by atoms with van der Waals surface area (Å²) in [5.74, 6) is 0. The van der Waals surface area contributed by atoms with E-state index >= 15 is 0 Å². The van der Waals surface area contributed by atoms with Gasteiger partial charge in [-0.1, -0.05) is 11.1 Å². The van der Waals surface area contributed by atoms with Crippen molar-refractivity contribution in [3.8, 4) is 0 Å². The van der Waals surface area contributed by atoms with E-state index in [-0.39, 0.29) is 53.8 Å². The number of nitrogens with one attached hydrogen (secondary N) is 2. The Kier molecular flexibility index (Phi) is 11.6. The molecule has 4 aromatic rings. The van der Waals surface area contributed by atoms with Crippen molar-refractivity contribution in [3.05, 3.63) is 60.7 Å². The maximum absolute atomic E-state index is 13.8. The van der Waals surface area contributed by atoms with Gasteiger partial charge in [-0.3, -0.25) is 32.2 Å². The van der Waals surface area contributed by atoms with Gasteiger partial charge in [0.1, 0.15) is 0 Å². The Morgan fingerprint density at radius 1 is 0.444 bits per heavy atom. The zero-order valence-corrected chi connectivity index (χ0v) is 31.8. The zero-order valence-electron chi connectivity index (χ0n) is 25.3. The van der Waals surface area contributed by atoms with Crippen LogP contribution in [0.4, 0.5) is 11.4 Å². The van der Waals surface area contributed by atoms with Gasteiger partial charge in [0.15, 0.2) is 0 Å². The average Bonchev–Trinajstić information content (AvgIpc) is 3.01. The van der Waals surface area contributed by atoms with Crippen LogP contribution in [0, 0.1) is 0 Å². The molecule has 24 nitrogen and oxygen atoms in total. The summed E-state index contributed by atoms with van der Waals surface area (Å²) in [6.45, 7) is 0. The molecule has 0 radical (unpaired) electrons. The highest BCUT2D eigenvalue weighted by Crippen LogP contribution is 2.41. The van der Waals surface area contributed by atoms with E-state index in [4.69, 9.17) is 5.26 Å². The van der Waals surface area contributed by atoms with E-state index in [0.717, 1.165) is 6.07 Å². The fraction of sp³-hybridized carbons (Fsp3) is 0. The van der Waals surface area contributed by atoms with E-state index in [0.29, 0.717) is 18.2 Å². The van der Waals surface area contributed by atoms with Crippen LogP contribution in [0.2, 0.25) is 0 Å². The Labute approximate surface area is 308 Å². The Morgan fingerprint density at radius 3 is 1.17 bits per heavy atom. The molecule has 0 saturated heterocycles. The maximum Gasteiger partial charge on any atom is 0.294 e. The number of anilines is 2. The Hall–Kier alpha value is -3.58. The summed E-state index contributed by atoms with van der Waals surface area (Å²) in [5.41, 5.74) is -2.10. The van der Waals surface area contributed by atoms with Gasteiger partial charge in [-0.05, 0) is 54.6 Å². The number of benzene rings is 4. The van der Waals surface area contributed by atoms with Crippen molar-refractivity contribution in [3.63, 3.8) is 0 Å². The molecule has 0 unspecified atom stereocenters. The van der Waals surface area contributed by atoms with E-state index in [1.807, 2.05) is 0 Å². The third-order valence-corrected chi connectivity index (χ3v) is 14.0. The van der Waals surface area contributed by atoms with Crippen molar-refractivity contribution in [2.75, 3.05) is 9.44 Å². The summed E-state index contributed by atoms with van der Waals surface area (Å²) in [5, 5.41) is 11.0. The van der Waals surface area contributed by atoms with Gasteiger partial charge in [-0.25, -0.2) is 22.1 Å². The minimum atomic E-state index is -5.52. The van der Waals surface area contributed by atoms with Crippen LogP contribution in [0.1, 0.15) is 0 Å². The molecule has 32 heteroatoms. The van der Waals surface area contributed by atoms with Crippen molar-refractivity contribution in [1.82, 2.24) is 0 Å². The normalized spacial score (nSPS) is 13.5. The Bertz CT molecular complexity index is 2920. The molecule has 0 bridgehead atoms. The van der Waals surface area contributed by atoms with Crippen LogP contribution in [0.15, 0.2) is 99.8 Å². The molecule has 0 aliphatic carbocycles. The molecular weight excluding hydrogens is 901 g/mol. The van der Waals surface area contributed by atoms with Gasteiger partial charge in [-0.2, -0.15) is 42.1 Å². The molecule has 0 saturated carbocycles. The smallest absolute Gasteiger partial charge is 0.282 e. The van der Waals surface area contributed by atoms with Crippen LogP contribution in [0.5, 0.6) is 0 Å². The fourth-order valence-electron chi connectivity index (χ4n) is 4.23. The van der Waals surface area contributed by atoms with Crippen molar-refractivity contribution >= 4 is 105 Å². The predicted octanol–water partition coefficient (Wildman–Crippen LogP) is 1.10. The Balaban J connectivity index is 2.11. The third-order valence-electron chi connectivity index (χ3n) is 6.52. The highest BCUT2D eigenvalue weighted by Gasteiger charge is 2.29. The van der Waals surface area contributed by atoms with E-state index < -0.39 is 127 Å². The van der Waals surface area contributed by atoms with Crippen molar-refractivity contribution in [2.24, 2.45) is 0 Å². The topological polar surface area (TPSA) is 403 Å². The van der Waals surface area contributed by atoms with Crippen LogP contribution in [0.3, 0.4) is 0 Å². The first-order valence-electron chi connectivity index (χ1n) is 12.8. The molecular formula is C22H18N2O22S8. The first-order valence-corrected chi connectivity index (χ1v) is 23.7. The second kappa shape index (κ2) is 14.5. The first kappa shape index (κ1) is 43.2. The van der Waals surface area contributed by atoms with Gasteiger partial charge >= 0.3 is 0 Å². The molecule has 8 N–H and O–H groups in total. The van der Waals surface area contributed by atoms with Gasteiger partial charge < -0.3 is 0 Å². The number of rotatable bonds is 14. The first-order chi connectivity index (χ1) is 24.3. The van der Waals surface area contributed by atoms with Gasteiger partial charge in [-0.15, -0.1) is 4.33 Å². The Morgan fingerprint density at radius 2 is 0.796 bits per heavy atom. The molecule has 0 aliphatic rings. The lowest BCUT2D eigenvalue weighted by atomic mass is 10.1. The molecule has 4 aromatic carbocycles. The largest absolute Gasteiger partial charge is 0.294 e. The highest BCUT2D eigenvalue weighted by molar-refractivity contribution is 7.95. The zero-order chi connectivity index (χ0) is 41.0. The summed E-state index contributed by atoms with van der Waals surface area (Å²) in [6.07, 6.45) is 0.